The van der Waals surface area contributed by atoms with E-state index in [0.29, 0.717) is 5.75 Å². The summed E-state index contributed by atoms with van der Waals surface area (Å²) in [6.07, 6.45) is 0.858. The van der Waals surface area contributed by atoms with Crippen molar-refractivity contribution in [1.82, 2.24) is 15.5 Å². The van der Waals surface area contributed by atoms with E-state index in [2.05, 4.69) is 38.4 Å². The molecule has 0 radical (unpaired) electrons. The highest BCUT2D eigenvalue weighted by molar-refractivity contribution is 9.10. The lowest BCUT2D eigenvalue weighted by atomic mass is 10.0. The zero-order valence-electron chi connectivity index (χ0n) is 10.9. The molecule has 1 aromatic heterocycles. The van der Waals surface area contributed by atoms with Gasteiger partial charge in [-0.25, -0.2) is 0 Å². The van der Waals surface area contributed by atoms with Crippen molar-refractivity contribution in [3.8, 4) is 0 Å². The second-order valence-corrected chi connectivity index (χ2v) is 7.04. The molecule has 2 rings (SSSR count). The largest absolute Gasteiger partial charge is 0.349 e. The number of nitrogens with zero attached hydrogens (tertiary/aromatic N) is 2. The molecule has 0 unspecified atom stereocenters. The predicted octanol–water partition coefficient (Wildman–Crippen LogP) is 3.66. The van der Waals surface area contributed by atoms with Crippen molar-refractivity contribution in [1.29, 1.82) is 0 Å². The molecule has 0 spiro atoms. The Morgan fingerprint density at radius 2 is 2.20 bits per heavy atom. The van der Waals surface area contributed by atoms with Crippen LogP contribution in [0.2, 0.25) is 0 Å². The van der Waals surface area contributed by atoms with Gasteiger partial charge >= 0.3 is 0 Å². The number of rotatable bonds is 6. The van der Waals surface area contributed by atoms with Crippen LogP contribution in [0.25, 0.3) is 0 Å². The zero-order chi connectivity index (χ0) is 14.4. The van der Waals surface area contributed by atoms with Crippen LogP contribution >= 0.6 is 39.0 Å². The van der Waals surface area contributed by atoms with Gasteiger partial charge in [0.05, 0.1) is 11.8 Å². The molecule has 0 saturated carbocycles. The van der Waals surface area contributed by atoms with Crippen LogP contribution in [-0.4, -0.2) is 21.9 Å². The second-order valence-electron chi connectivity index (χ2n) is 4.07. The first-order valence-corrected chi connectivity index (χ1v) is 8.78. The van der Waals surface area contributed by atoms with Crippen molar-refractivity contribution >= 4 is 44.9 Å². The molecule has 2 aromatic rings. The molecular formula is C13H14BrN3OS2. The Balaban J connectivity index is 1.89. The molecule has 1 N–H and O–H groups in total. The van der Waals surface area contributed by atoms with E-state index in [4.69, 9.17) is 0 Å². The normalized spacial score (nSPS) is 12.1. The lowest BCUT2D eigenvalue weighted by molar-refractivity contribution is -0.119. The van der Waals surface area contributed by atoms with E-state index >= 15 is 0 Å². The number of aromatic nitrogens is 2. The third-order valence-electron chi connectivity index (χ3n) is 2.68. The molecular weight excluding hydrogens is 358 g/mol. The molecule has 7 heteroatoms. The maximum Gasteiger partial charge on any atom is 0.230 e. The Kier molecular flexibility index (Phi) is 6.00. The van der Waals surface area contributed by atoms with Crippen molar-refractivity contribution in [3.05, 3.63) is 39.8 Å². The van der Waals surface area contributed by atoms with Gasteiger partial charge in [0.1, 0.15) is 5.51 Å². The SMILES string of the molecule is CC[C@H](NC(=O)CSc1nncs1)c1ccc(Br)cc1. The molecule has 1 atom stereocenters. The van der Waals surface area contributed by atoms with Gasteiger partial charge in [0.15, 0.2) is 4.34 Å². The quantitative estimate of drug-likeness (QED) is 0.787. The molecule has 4 nitrogen and oxygen atoms in total. The standard InChI is InChI=1S/C13H14BrN3OS2/c1-2-11(9-3-5-10(14)6-4-9)16-12(18)7-19-13-17-15-8-20-13/h3-6,8,11H,2,7H2,1H3,(H,16,18)/t11-/m0/s1. The van der Waals surface area contributed by atoms with Crippen LogP contribution in [0.5, 0.6) is 0 Å². The number of carbonyl (C=O) groups is 1. The number of hydrogen-bond acceptors (Lipinski definition) is 5. The van der Waals surface area contributed by atoms with E-state index in [0.717, 1.165) is 20.8 Å². The minimum absolute atomic E-state index is 0.0139. The first-order chi connectivity index (χ1) is 9.69. The van der Waals surface area contributed by atoms with Crippen molar-refractivity contribution < 1.29 is 4.79 Å². The van der Waals surface area contributed by atoms with Crippen LogP contribution in [0, 0.1) is 0 Å². The molecule has 0 bridgehead atoms. The molecule has 106 valence electrons. The van der Waals surface area contributed by atoms with Crippen LogP contribution < -0.4 is 5.32 Å². The Labute approximate surface area is 134 Å². The van der Waals surface area contributed by atoms with Crippen LogP contribution in [0.3, 0.4) is 0 Å². The van der Waals surface area contributed by atoms with Crippen molar-refractivity contribution in [2.75, 3.05) is 5.75 Å². The summed E-state index contributed by atoms with van der Waals surface area (Å²) in [7, 11) is 0. The Morgan fingerprint density at radius 1 is 1.45 bits per heavy atom. The topological polar surface area (TPSA) is 54.9 Å². The van der Waals surface area contributed by atoms with Gasteiger partial charge in [-0.2, -0.15) is 0 Å². The number of nitrogens with one attached hydrogen (secondary N) is 1. The summed E-state index contributed by atoms with van der Waals surface area (Å²) in [4.78, 5) is 12.0. The predicted molar refractivity (Wildman–Crippen MR) is 85.9 cm³/mol. The number of amides is 1. The smallest absolute Gasteiger partial charge is 0.230 e. The van der Waals surface area contributed by atoms with Gasteiger partial charge in [0.2, 0.25) is 5.91 Å². The number of hydrogen-bond donors (Lipinski definition) is 1. The minimum atomic E-state index is 0.0139. The van der Waals surface area contributed by atoms with Crippen LogP contribution in [0.15, 0.2) is 38.6 Å². The number of halogens is 1. The van der Waals surface area contributed by atoms with Gasteiger partial charge in [-0.3, -0.25) is 4.79 Å². The first-order valence-electron chi connectivity index (χ1n) is 6.13. The van der Waals surface area contributed by atoms with Gasteiger partial charge in [0, 0.05) is 4.47 Å². The molecule has 1 amide bonds. The fourth-order valence-corrected chi connectivity index (χ4v) is 3.27. The van der Waals surface area contributed by atoms with Crippen LogP contribution in [-0.2, 0) is 4.79 Å². The highest BCUT2D eigenvalue weighted by atomic mass is 79.9. The molecule has 1 heterocycles. The van der Waals surface area contributed by atoms with Crippen molar-refractivity contribution in [3.63, 3.8) is 0 Å². The molecule has 0 aliphatic carbocycles. The Hall–Kier alpha value is -0.920. The molecule has 0 aliphatic heterocycles. The number of thioether (sulfide) groups is 1. The highest BCUT2D eigenvalue weighted by Gasteiger charge is 2.13. The fourth-order valence-electron chi connectivity index (χ4n) is 1.71. The summed E-state index contributed by atoms with van der Waals surface area (Å²) < 4.78 is 1.85. The average molecular weight is 372 g/mol. The van der Waals surface area contributed by atoms with Crippen LogP contribution in [0.1, 0.15) is 24.9 Å². The monoisotopic (exact) mass is 371 g/mol. The van der Waals surface area contributed by atoms with Gasteiger partial charge in [-0.1, -0.05) is 58.1 Å². The third kappa shape index (κ3) is 4.57. The minimum Gasteiger partial charge on any atom is -0.349 e. The molecule has 0 fully saturated rings. The maximum atomic E-state index is 12.0. The van der Waals surface area contributed by atoms with E-state index < -0.39 is 0 Å². The molecule has 0 aliphatic rings. The number of benzene rings is 1. The van der Waals surface area contributed by atoms with Gasteiger partial charge < -0.3 is 5.32 Å². The van der Waals surface area contributed by atoms with Crippen molar-refractivity contribution in [2.24, 2.45) is 0 Å². The highest BCUT2D eigenvalue weighted by Crippen LogP contribution is 2.21. The van der Waals surface area contributed by atoms with E-state index in [1.165, 1.54) is 23.1 Å². The van der Waals surface area contributed by atoms with E-state index in [1.54, 1.807) is 5.51 Å². The van der Waals surface area contributed by atoms with Gasteiger partial charge in [-0.05, 0) is 24.1 Å². The Bertz CT molecular complexity index is 545. The third-order valence-corrected chi connectivity index (χ3v) is 5.07. The first kappa shape index (κ1) is 15.5. The lowest BCUT2D eigenvalue weighted by Gasteiger charge is -2.17. The summed E-state index contributed by atoms with van der Waals surface area (Å²) in [6.45, 7) is 2.06. The van der Waals surface area contributed by atoms with Crippen molar-refractivity contribution in [2.45, 2.75) is 23.7 Å². The van der Waals surface area contributed by atoms with E-state index in [1.807, 2.05) is 24.3 Å². The van der Waals surface area contributed by atoms with Gasteiger partial charge in [0.25, 0.3) is 0 Å². The van der Waals surface area contributed by atoms with E-state index in [9.17, 15) is 4.79 Å². The van der Waals surface area contributed by atoms with Gasteiger partial charge in [-0.15, -0.1) is 10.2 Å². The molecule has 1 aromatic carbocycles. The second kappa shape index (κ2) is 7.75. The summed E-state index contributed by atoms with van der Waals surface area (Å²) >= 11 is 6.27. The summed E-state index contributed by atoms with van der Waals surface area (Å²) in [6, 6.07) is 8.07. The lowest BCUT2D eigenvalue weighted by Crippen LogP contribution is -2.29. The fraction of sp³-hybridized carbons (Fsp3) is 0.308. The number of carbonyl (C=O) groups excluding carboxylic acids is 1. The average Bonchev–Trinajstić information content (AvgIpc) is 2.97. The van der Waals surface area contributed by atoms with E-state index in [-0.39, 0.29) is 11.9 Å². The molecule has 20 heavy (non-hydrogen) atoms. The zero-order valence-corrected chi connectivity index (χ0v) is 14.1. The molecule has 0 saturated heterocycles. The Morgan fingerprint density at radius 3 is 2.80 bits per heavy atom. The van der Waals surface area contributed by atoms with Crippen LogP contribution in [0.4, 0.5) is 0 Å². The summed E-state index contributed by atoms with van der Waals surface area (Å²) in [5, 5.41) is 10.7. The summed E-state index contributed by atoms with van der Waals surface area (Å²) in [5.74, 6) is 0.377. The maximum absolute atomic E-state index is 12.0. The summed E-state index contributed by atoms with van der Waals surface area (Å²) in [5.41, 5.74) is 2.78.